The fourth-order valence-corrected chi connectivity index (χ4v) is 2.30. The smallest absolute Gasteiger partial charge is 0.332 e. The van der Waals surface area contributed by atoms with Crippen LogP contribution in [0.25, 0.3) is 0 Å². The van der Waals surface area contributed by atoms with Crippen LogP contribution in [0.5, 0.6) is 0 Å². The van der Waals surface area contributed by atoms with Gasteiger partial charge in [0.1, 0.15) is 6.61 Å². The standard InChI is InChI=1S/C15H21NO3/c1-2-19-15(17)12-18-10-9-16-8-7-13-5-3-4-6-14(13)11-16/h3-6H,2,7-12H2,1H3. The Labute approximate surface area is 114 Å². The Balaban J connectivity index is 1.67. The van der Waals surface area contributed by atoms with Gasteiger partial charge < -0.3 is 9.47 Å². The summed E-state index contributed by atoms with van der Waals surface area (Å²) in [6.07, 6.45) is 1.09. The zero-order valence-electron chi connectivity index (χ0n) is 11.4. The Kier molecular flexibility index (Phi) is 5.36. The number of carbonyl (C=O) groups is 1. The van der Waals surface area contributed by atoms with Crippen LogP contribution < -0.4 is 0 Å². The van der Waals surface area contributed by atoms with Crippen molar-refractivity contribution in [3.8, 4) is 0 Å². The van der Waals surface area contributed by atoms with E-state index in [0.29, 0.717) is 13.2 Å². The molecule has 0 amide bonds. The van der Waals surface area contributed by atoms with Gasteiger partial charge in [0, 0.05) is 19.6 Å². The molecule has 19 heavy (non-hydrogen) atoms. The number of carbonyl (C=O) groups excluding carboxylic acids is 1. The van der Waals surface area contributed by atoms with Crippen molar-refractivity contribution in [1.29, 1.82) is 0 Å². The van der Waals surface area contributed by atoms with Gasteiger partial charge in [0.2, 0.25) is 0 Å². The van der Waals surface area contributed by atoms with Gasteiger partial charge in [-0.15, -0.1) is 0 Å². The van der Waals surface area contributed by atoms with E-state index in [0.717, 1.165) is 26.1 Å². The molecular weight excluding hydrogens is 242 g/mol. The van der Waals surface area contributed by atoms with Gasteiger partial charge >= 0.3 is 5.97 Å². The van der Waals surface area contributed by atoms with Crippen molar-refractivity contribution in [3.63, 3.8) is 0 Å². The van der Waals surface area contributed by atoms with E-state index in [1.165, 1.54) is 11.1 Å². The third-order valence-corrected chi connectivity index (χ3v) is 3.29. The molecule has 0 spiro atoms. The number of fused-ring (bicyclic) bond motifs is 1. The van der Waals surface area contributed by atoms with Crippen molar-refractivity contribution >= 4 is 5.97 Å². The number of hydrogen-bond acceptors (Lipinski definition) is 4. The van der Waals surface area contributed by atoms with Crippen LogP contribution in [0.1, 0.15) is 18.1 Å². The highest BCUT2D eigenvalue weighted by molar-refractivity contribution is 5.70. The van der Waals surface area contributed by atoms with Crippen LogP contribution in [0.2, 0.25) is 0 Å². The van der Waals surface area contributed by atoms with E-state index in [9.17, 15) is 4.79 Å². The average molecular weight is 263 g/mol. The van der Waals surface area contributed by atoms with Crippen LogP contribution in [0.15, 0.2) is 24.3 Å². The van der Waals surface area contributed by atoms with Gasteiger partial charge in [-0.3, -0.25) is 4.90 Å². The maximum Gasteiger partial charge on any atom is 0.332 e. The minimum absolute atomic E-state index is 0.0538. The molecule has 1 aromatic carbocycles. The monoisotopic (exact) mass is 263 g/mol. The van der Waals surface area contributed by atoms with Gasteiger partial charge in [0.15, 0.2) is 0 Å². The van der Waals surface area contributed by atoms with Crippen LogP contribution in [0.3, 0.4) is 0 Å². The average Bonchev–Trinajstić information content (AvgIpc) is 2.44. The highest BCUT2D eigenvalue weighted by Gasteiger charge is 2.15. The van der Waals surface area contributed by atoms with Gasteiger partial charge in [-0.2, -0.15) is 0 Å². The van der Waals surface area contributed by atoms with E-state index < -0.39 is 0 Å². The zero-order valence-corrected chi connectivity index (χ0v) is 11.4. The lowest BCUT2D eigenvalue weighted by Gasteiger charge is -2.28. The molecule has 4 heteroatoms. The molecule has 2 rings (SSSR count). The Hall–Kier alpha value is -1.39. The van der Waals surface area contributed by atoms with Crippen molar-refractivity contribution < 1.29 is 14.3 Å². The molecule has 0 N–H and O–H groups in total. The SMILES string of the molecule is CCOC(=O)COCCN1CCc2ccccc2C1. The third kappa shape index (κ3) is 4.33. The zero-order chi connectivity index (χ0) is 13.5. The van der Waals surface area contributed by atoms with E-state index in [4.69, 9.17) is 9.47 Å². The van der Waals surface area contributed by atoms with Gasteiger partial charge in [-0.1, -0.05) is 24.3 Å². The lowest BCUT2D eigenvalue weighted by molar-refractivity contribution is -0.148. The molecule has 0 fully saturated rings. The summed E-state index contributed by atoms with van der Waals surface area (Å²) in [4.78, 5) is 13.5. The quantitative estimate of drug-likeness (QED) is 0.577. The Bertz CT molecular complexity index is 420. The maximum atomic E-state index is 11.1. The number of benzene rings is 1. The first-order valence-corrected chi connectivity index (χ1v) is 6.82. The number of hydrogen-bond donors (Lipinski definition) is 0. The molecule has 0 saturated carbocycles. The lowest BCUT2D eigenvalue weighted by Crippen LogP contribution is -2.33. The summed E-state index contributed by atoms with van der Waals surface area (Å²) in [6.45, 7) is 5.71. The molecule has 0 radical (unpaired) electrons. The summed E-state index contributed by atoms with van der Waals surface area (Å²) in [5.74, 6) is -0.286. The van der Waals surface area contributed by atoms with Crippen molar-refractivity contribution in [2.75, 3.05) is 32.9 Å². The molecular formula is C15H21NO3. The molecule has 1 aliphatic heterocycles. The van der Waals surface area contributed by atoms with E-state index >= 15 is 0 Å². The van der Waals surface area contributed by atoms with Gasteiger partial charge in [0.25, 0.3) is 0 Å². The van der Waals surface area contributed by atoms with Crippen LogP contribution in [0, 0.1) is 0 Å². The molecule has 1 aliphatic rings. The second-order valence-corrected chi connectivity index (χ2v) is 4.65. The molecule has 104 valence electrons. The van der Waals surface area contributed by atoms with Gasteiger partial charge in [-0.25, -0.2) is 4.79 Å². The molecule has 1 aromatic rings. The molecule has 0 aromatic heterocycles. The fourth-order valence-electron chi connectivity index (χ4n) is 2.30. The van der Waals surface area contributed by atoms with E-state index in [1.807, 2.05) is 0 Å². The van der Waals surface area contributed by atoms with E-state index in [1.54, 1.807) is 6.92 Å². The summed E-state index contributed by atoms with van der Waals surface area (Å²) < 4.78 is 10.1. The predicted octanol–water partition coefficient (Wildman–Crippen LogP) is 1.62. The number of ether oxygens (including phenoxy) is 2. The highest BCUT2D eigenvalue weighted by atomic mass is 16.6. The molecule has 0 atom stereocenters. The number of nitrogens with zero attached hydrogens (tertiary/aromatic N) is 1. The van der Waals surface area contributed by atoms with Crippen LogP contribution in [-0.2, 0) is 27.2 Å². The Morgan fingerprint density at radius 2 is 2.11 bits per heavy atom. The maximum absolute atomic E-state index is 11.1. The molecule has 0 aliphatic carbocycles. The highest BCUT2D eigenvalue weighted by Crippen LogP contribution is 2.17. The van der Waals surface area contributed by atoms with Gasteiger partial charge in [-0.05, 0) is 24.5 Å². The van der Waals surface area contributed by atoms with Crippen LogP contribution in [-0.4, -0.2) is 43.8 Å². The van der Waals surface area contributed by atoms with E-state index in [-0.39, 0.29) is 12.6 Å². The van der Waals surface area contributed by atoms with Gasteiger partial charge in [0.05, 0.1) is 13.2 Å². The predicted molar refractivity (Wildman–Crippen MR) is 72.9 cm³/mol. The first-order chi connectivity index (χ1) is 9.29. The molecule has 0 saturated heterocycles. The topological polar surface area (TPSA) is 38.8 Å². The first-order valence-electron chi connectivity index (χ1n) is 6.82. The molecule has 4 nitrogen and oxygen atoms in total. The summed E-state index contributed by atoms with van der Waals surface area (Å²) in [6, 6.07) is 8.56. The summed E-state index contributed by atoms with van der Waals surface area (Å²) in [5, 5.41) is 0. The summed E-state index contributed by atoms with van der Waals surface area (Å²) >= 11 is 0. The van der Waals surface area contributed by atoms with E-state index in [2.05, 4.69) is 29.2 Å². The third-order valence-electron chi connectivity index (χ3n) is 3.29. The fraction of sp³-hybridized carbons (Fsp3) is 0.533. The Morgan fingerprint density at radius 1 is 1.32 bits per heavy atom. The van der Waals surface area contributed by atoms with Crippen molar-refractivity contribution in [3.05, 3.63) is 35.4 Å². The molecule has 1 heterocycles. The normalized spacial score (nSPS) is 15.0. The van der Waals surface area contributed by atoms with Crippen molar-refractivity contribution in [2.45, 2.75) is 19.9 Å². The number of rotatable bonds is 6. The largest absolute Gasteiger partial charge is 0.464 e. The number of esters is 1. The minimum atomic E-state index is -0.286. The van der Waals surface area contributed by atoms with Crippen LogP contribution >= 0.6 is 0 Å². The molecule has 0 bridgehead atoms. The second kappa shape index (κ2) is 7.26. The van der Waals surface area contributed by atoms with Crippen LogP contribution in [0.4, 0.5) is 0 Å². The second-order valence-electron chi connectivity index (χ2n) is 4.65. The minimum Gasteiger partial charge on any atom is -0.464 e. The molecule has 0 unspecified atom stereocenters. The van der Waals surface area contributed by atoms with Crippen molar-refractivity contribution in [2.24, 2.45) is 0 Å². The van der Waals surface area contributed by atoms with Crippen molar-refractivity contribution in [1.82, 2.24) is 4.90 Å². The summed E-state index contributed by atoms with van der Waals surface area (Å²) in [5.41, 5.74) is 2.85. The Morgan fingerprint density at radius 3 is 2.89 bits per heavy atom. The first kappa shape index (κ1) is 14.0. The lowest BCUT2D eigenvalue weighted by atomic mass is 10.0. The summed E-state index contributed by atoms with van der Waals surface area (Å²) in [7, 11) is 0.